The van der Waals surface area contributed by atoms with Crippen LogP contribution in [0.15, 0.2) is 78.9 Å². The van der Waals surface area contributed by atoms with E-state index in [1.165, 1.54) is 22.3 Å². The average molecular weight is 462 g/mol. The Hall–Kier alpha value is -2.82. The Morgan fingerprint density at radius 1 is 1.12 bits per heavy atom. The van der Waals surface area contributed by atoms with Crippen molar-refractivity contribution in [1.29, 1.82) is 0 Å². The highest BCUT2D eigenvalue weighted by Gasteiger charge is 2.19. The van der Waals surface area contributed by atoms with Crippen LogP contribution in [0.25, 0.3) is 0 Å². The zero-order chi connectivity index (χ0) is 25.3. The summed E-state index contributed by atoms with van der Waals surface area (Å²) >= 11 is 0. The zero-order valence-electron chi connectivity index (χ0n) is 22.2. The Balaban J connectivity index is 1.96. The monoisotopic (exact) mass is 461 g/mol. The number of aryl methyl sites for hydroxylation is 1. The van der Waals surface area contributed by atoms with Crippen LogP contribution in [0.5, 0.6) is 5.75 Å². The molecule has 0 aromatic heterocycles. The van der Waals surface area contributed by atoms with Gasteiger partial charge in [0, 0.05) is 25.7 Å². The number of hydroxylamine groups is 1. The lowest BCUT2D eigenvalue weighted by Gasteiger charge is -2.27. The smallest absolute Gasteiger partial charge is 0.155 e. The van der Waals surface area contributed by atoms with E-state index >= 15 is 0 Å². The molecule has 0 saturated carbocycles. The van der Waals surface area contributed by atoms with Gasteiger partial charge < -0.3 is 15.1 Å². The molecule has 0 heterocycles. The highest BCUT2D eigenvalue weighted by molar-refractivity contribution is 5.53. The van der Waals surface area contributed by atoms with Gasteiger partial charge in [-0.3, -0.25) is 0 Å². The molecule has 0 amide bonds. The average Bonchev–Trinajstić information content (AvgIpc) is 2.82. The van der Waals surface area contributed by atoms with E-state index in [2.05, 4.69) is 94.5 Å². The lowest BCUT2D eigenvalue weighted by molar-refractivity contribution is 0.302. The second kappa shape index (κ2) is 12.6. The summed E-state index contributed by atoms with van der Waals surface area (Å²) in [4.78, 5) is 8.45. The van der Waals surface area contributed by atoms with Crippen molar-refractivity contribution in [2.24, 2.45) is 0 Å². The number of nitrogens with zero attached hydrogens (tertiary/aromatic N) is 2. The lowest BCUT2D eigenvalue weighted by Crippen LogP contribution is -2.33. The van der Waals surface area contributed by atoms with Gasteiger partial charge in [-0.1, -0.05) is 56.5 Å². The molecule has 0 unspecified atom stereocenters. The summed E-state index contributed by atoms with van der Waals surface area (Å²) < 4.78 is 0. The van der Waals surface area contributed by atoms with Gasteiger partial charge in [-0.15, -0.1) is 0 Å². The maximum absolute atomic E-state index is 6.12. The molecule has 2 rings (SSSR count). The molecule has 34 heavy (non-hydrogen) atoms. The van der Waals surface area contributed by atoms with Crippen molar-refractivity contribution in [3.8, 4) is 5.75 Å². The van der Waals surface area contributed by atoms with Crippen LogP contribution in [-0.4, -0.2) is 32.6 Å². The molecule has 0 aliphatic rings. The topological polar surface area (TPSA) is 27.7 Å². The first-order valence-corrected chi connectivity index (χ1v) is 12.1. The van der Waals surface area contributed by atoms with Gasteiger partial charge >= 0.3 is 0 Å². The fourth-order valence-electron chi connectivity index (χ4n) is 3.88. The lowest BCUT2D eigenvalue weighted by atomic mass is 9.93. The molecule has 0 fully saturated rings. The van der Waals surface area contributed by atoms with Gasteiger partial charge in [-0.25, -0.2) is 5.06 Å². The van der Waals surface area contributed by atoms with E-state index in [4.69, 9.17) is 4.84 Å². The van der Waals surface area contributed by atoms with E-state index in [9.17, 15) is 0 Å². The molecule has 0 aliphatic carbocycles. The molecular formula is C30H43N3O. The van der Waals surface area contributed by atoms with Crippen LogP contribution in [0.4, 0.5) is 5.69 Å². The van der Waals surface area contributed by atoms with E-state index in [0.29, 0.717) is 0 Å². The number of anilines is 1. The fraction of sp³-hybridized carbons (Fsp3) is 0.400. The van der Waals surface area contributed by atoms with Crippen LogP contribution < -0.4 is 15.2 Å². The van der Waals surface area contributed by atoms with Crippen LogP contribution in [0.3, 0.4) is 0 Å². The van der Waals surface area contributed by atoms with E-state index < -0.39 is 0 Å². The van der Waals surface area contributed by atoms with Crippen molar-refractivity contribution in [2.45, 2.75) is 52.6 Å². The second-order valence-corrected chi connectivity index (χ2v) is 9.46. The number of hydrogen-bond acceptors (Lipinski definition) is 4. The minimum absolute atomic E-state index is 0.0702. The third kappa shape index (κ3) is 7.61. The van der Waals surface area contributed by atoms with E-state index in [-0.39, 0.29) is 5.54 Å². The summed E-state index contributed by atoms with van der Waals surface area (Å²) in [6, 6.07) is 14.8. The first kappa shape index (κ1) is 27.4. The van der Waals surface area contributed by atoms with Gasteiger partial charge in [0.25, 0.3) is 0 Å². The highest BCUT2D eigenvalue weighted by atomic mass is 16.7. The summed E-state index contributed by atoms with van der Waals surface area (Å²) in [6.07, 6.45) is 6.08. The number of benzene rings is 2. The Morgan fingerprint density at radius 2 is 1.79 bits per heavy atom. The van der Waals surface area contributed by atoms with Crippen molar-refractivity contribution in [3.05, 3.63) is 95.6 Å². The van der Waals surface area contributed by atoms with Gasteiger partial charge in [0.15, 0.2) is 5.75 Å². The van der Waals surface area contributed by atoms with Crippen molar-refractivity contribution >= 4 is 5.69 Å². The van der Waals surface area contributed by atoms with Gasteiger partial charge in [0.1, 0.15) is 0 Å². The maximum atomic E-state index is 6.12. The molecule has 0 spiro atoms. The second-order valence-electron chi connectivity index (χ2n) is 9.46. The molecule has 4 heteroatoms. The maximum Gasteiger partial charge on any atom is 0.155 e. The van der Waals surface area contributed by atoms with E-state index in [1.807, 2.05) is 37.4 Å². The molecular weight excluding hydrogens is 418 g/mol. The third-order valence-electron chi connectivity index (χ3n) is 6.37. The Labute approximate surface area is 207 Å². The normalized spacial score (nSPS) is 12.1. The van der Waals surface area contributed by atoms with Gasteiger partial charge in [-0.05, 0) is 93.7 Å². The van der Waals surface area contributed by atoms with Crippen LogP contribution in [0.2, 0.25) is 0 Å². The third-order valence-corrected chi connectivity index (χ3v) is 6.37. The molecule has 0 atom stereocenters. The highest BCUT2D eigenvalue weighted by Crippen LogP contribution is 2.27. The summed E-state index contributed by atoms with van der Waals surface area (Å²) in [5.74, 6) is 0.823. The van der Waals surface area contributed by atoms with E-state index in [0.717, 1.165) is 42.9 Å². The standard InChI is InChI=1S/C30H43N3O/c1-10-12-26(23(3)11-2)19-20-32(8)22-25-13-16-28(17-14-25)34-33(9)29-18-15-27(21-24(29)4)30(5,6)31-7/h11-18,21,31H,2-3,10,19-20,22H2,1,4-9H3/b26-12-. The molecule has 2 aromatic carbocycles. The summed E-state index contributed by atoms with van der Waals surface area (Å²) in [5.41, 5.74) is 6.98. The van der Waals surface area contributed by atoms with Gasteiger partial charge in [-0.2, -0.15) is 0 Å². The molecule has 2 aromatic rings. The van der Waals surface area contributed by atoms with Crippen molar-refractivity contribution in [2.75, 3.05) is 32.8 Å². The molecule has 184 valence electrons. The number of hydrogen-bond donors (Lipinski definition) is 1. The number of rotatable bonds is 13. The first-order valence-electron chi connectivity index (χ1n) is 12.1. The van der Waals surface area contributed by atoms with Crippen LogP contribution >= 0.6 is 0 Å². The van der Waals surface area contributed by atoms with E-state index in [1.54, 1.807) is 0 Å². The molecule has 0 aliphatic heterocycles. The minimum atomic E-state index is -0.0702. The minimum Gasteiger partial charge on any atom is -0.380 e. The van der Waals surface area contributed by atoms with Gasteiger partial charge in [0.05, 0.1) is 5.69 Å². The Kier molecular flexibility index (Phi) is 10.2. The predicted molar refractivity (Wildman–Crippen MR) is 147 cm³/mol. The SMILES string of the molecule is C=CC(=C)/C(=C\CC)CCN(C)Cc1ccc(ON(C)c2ccc(C(C)(C)NC)cc2C)cc1. The summed E-state index contributed by atoms with van der Waals surface area (Å²) in [7, 11) is 6.09. The number of allylic oxidation sites excluding steroid dienone is 3. The summed E-state index contributed by atoms with van der Waals surface area (Å²) in [6.45, 7) is 18.5. The first-order chi connectivity index (χ1) is 16.1. The number of nitrogens with one attached hydrogen (secondary N) is 1. The fourth-order valence-corrected chi connectivity index (χ4v) is 3.88. The molecule has 0 radical (unpaired) electrons. The molecule has 0 saturated heterocycles. The van der Waals surface area contributed by atoms with Crippen molar-refractivity contribution in [3.63, 3.8) is 0 Å². The van der Waals surface area contributed by atoms with Crippen LogP contribution in [0, 0.1) is 6.92 Å². The Morgan fingerprint density at radius 3 is 2.35 bits per heavy atom. The van der Waals surface area contributed by atoms with Crippen molar-refractivity contribution in [1.82, 2.24) is 10.2 Å². The zero-order valence-corrected chi connectivity index (χ0v) is 22.2. The molecule has 1 N–H and O–H groups in total. The largest absolute Gasteiger partial charge is 0.380 e. The predicted octanol–water partition coefficient (Wildman–Crippen LogP) is 6.78. The summed E-state index contributed by atoms with van der Waals surface area (Å²) in [5, 5.41) is 5.19. The van der Waals surface area contributed by atoms with Crippen LogP contribution in [-0.2, 0) is 12.1 Å². The van der Waals surface area contributed by atoms with Crippen LogP contribution in [0.1, 0.15) is 50.3 Å². The van der Waals surface area contributed by atoms with Crippen molar-refractivity contribution < 1.29 is 4.84 Å². The molecule has 0 bridgehead atoms. The van der Waals surface area contributed by atoms with Gasteiger partial charge in [0.2, 0.25) is 0 Å². The Bertz CT molecular complexity index is 989. The quantitative estimate of drug-likeness (QED) is 0.263. The molecule has 4 nitrogen and oxygen atoms in total.